The summed E-state index contributed by atoms with van der Waals surface area (Å²) in [7, 11) is 0. The van der Waals surface area contributed by atoms with Crippen LogP contribution in [0.1, 0.15) is 5.56 Å². The highest BCUT2D eigenvalue weighted by Gasteiger charge is 1.97. The average molecular weight is 184 g/mol. The Hall–Kier alpha value is -1.15. The third kappa shape index (κ3) is 2.17. The highest BCUT2D eigenvalue weighted by atomic mass is 35.5. The zero-order valence-corrected chi connectivity index (χ0v) is 6.81. The van der Waals surface area contributed by atoms with Crippen LogP contribution in [0.2, 0.25) is 5.02 Å². The molecule has 0 aliphatic heterocycles. The van der Waals surface area contributed by atoms with Crippen molar-refractivity contribution in [3.8, 4) is 0 Å². The smallest absolute Gasteiger partial charge is 0.225 e. The number of carbonyl (C=O) groups excluding carboxylic acids is 1. The van der Waals surface area contributed by atoms with Gasteiger partial charge in [-0.15, -0.1) is 0 Å². The van der Waals surface area contributed by atoms with Gasteiger partial charge < -0.3 is 0 Å². The van der Waals surface area contributed by atoms with Gasteiger partial charge in [-0.25, -0.2) is 4.39 Å². The van der Waals surface area contributed by atoms with E-state index in [2.05, 4.69) is 0 Å². The Kier molecular flexibility index (Phi) is 3.00. The third-order valence-corrected chi connectivity index (χ3v) is 1.58. The zero-order valence-electron chi connectivity index (χ0n) is 6.05. The van der Waals surface area contributed by atoms with Gasteiger partial charge in [-0.1, -0.05) is 23.7 Å². The van der Waals surface area contributed by atoms with Crippen molar-refractivity contribution in [1.29, 1.82) is 0 Å². The van der Waals surface area contributed by atoms with Gasteiger partial charge in [-0.3, -0.25) is 4.79 Å². The van der Waals surface area contributed by atoms with E-state index in [1.54, 1.807) is 6.29 Å². The van der Waals surface area contributed by atoms with Gasteiger partial charge in [0.25, 0.3) is 0 Å². The molecule has 0 spiro atoms. The summed E-state index contributed by atoms with van der Waals surface area (Å²) in [6.07, 6.45) is 4.28. The van der Waals surface area contributed by atoms with Crippen molar-refractivity contribution in [1.82, 2.24) is 0 Å². The molecular weight excluding hydrogens is 179 g/mol. The fourth-order valence-electron chi connectivity index (χ4n) is 0.746. The van der Waals surface area contributed by atoms with Crippen molar-refractivity contribution in [3.63, 3.8) is 0 Å². The first kappa shape index (κ1) is 8.94. The van der Waals surface area contributed by atoms with E-state index >= 15 is 0 Å². The Bertz CT molecular complexity index is 320. The quantitative estimate of drug-likeness (QED) is 0.645. The monoisotopic (exact) mass is 183 g/mol. The summed E-state index contributed by atoms with van der Waals surface area (Å²) in [6, 6.07) is 4.20. The normalized spacial score (nSPS) is 10.5. The first-order valence-corrected chi connectivity index (χ1v) is 3.61. The summed E-state index contributed by atoms with van der Waals surface area (Å²) in [5.74, 6) is -0.469. The van der Waals surface area contributed by atoms with Crippen LogP contribution in [0.3, 0.4) is 0 Å². The Balaban J connectivity index is 2.96. The molecule has 1 radical (unpaired) electrons. The van der Waals surface area contributed by atoms with Crippen LogP contribution in [0.5, 0.6) is 0 Å². The molecule has 0 aromatic heterocycles. The van der Waals surface area contributed by atoms with E-state index in [1.165, 1.54) is 30.4 Å². The maximum atomic E-state index is 12.6. The van der Waals surface area contributed by atoms with Crippen molar-refractivity contribution in [2.75, 3.05) is 0 Å². The fraction of sp³-hybridized carbons (Fsp3) is 0. The minimum absolute atomic E-state index is 0.0445. The Morgan fingerprint density at radius 2 is 2.25 bits per heavy atom. The predicted molar refractivity (Wildman–Crippen MR) is 46.1 cm³/mol. The lowest BCUT2D eigenvalue weighted by atomic mass is 10.2. The molecular formula is C9H5ClFO. The molecule has 12 heavy (non-hydrogen) atoms. The summed E-state index contributed by atoms with van der Waals surface area (Å²) >= 11 is 5.49. The Labute approximate surface area is 74.5 Å². The predicted octanol–water partition coefficient (Wildman–Crippen LogP) is 2.60. The van der Waals surface area contributed by atoms with Crippen LogP contribution in [0.4, 0.5) is 4.39 Å². The van der Waals surface area contributed by atoms with Crippen LogP contribution >= 0.6 is 11.6 Å². The highest BCUT2D eigenvalue weighted by Crippen LogP contribution is 2.16. The molecule has 0 aliphatic rings. The molecule has 0 unspecified atom stereocenters. The highest BCUT2D eigenvalue weighted by molar-refractivity contribution is 6.30. The summed E-state index contributed by atoms with van der Waals surface area (Å²) in [6.45, 7) is 0. The van der Waals surface area contributed by atoms with E-state index in [0.717, 1.165) is 0 Å². The van der Waals surface area contributed by atoms with Crippen molar-refractivity contribution in [2.24, 2.45) is 0 Å². The molecule has 0 saturated carbocycles. The molecule has 0 saturated heterocycles. The SMILES string of the molecule is O=[C]/C=C/c1ccc(F)c(Cl)c1. The van der Waals surface area contributed by atoms with Crippen LogP contribution in [-0.4, -0.2) is 6.29 Å². The molecule has 61 valence electrons. The maximum Gasteiger partial charge on any atom is 0.225 e. The minimum atomic E-state index is -0.469. The average Bonchev–Trinajstić information content (AvgIpc) is 2.07. The van der Waals surface area contributed by atoms with Crippen LogP contribution in [0.15, 0.2) is 24.3 Å². The number of rotatable bonds is 2. The summed E-state index contributed by atoms with van der Waals surface area (Å²) < 4.78 is 12.6. The molecule has 1 nitrogen and oxygen atoms in total. The van der Waals surface area contributed by atoms with Crippen LogP contribution in [0, 0.1) is 5.82 Å². The van der Waals surface area contributed by atoms with Crippen LogP contribution in [-0.2, 0) is 4.79 Å². The fourth-order valence-corrected chi connectivity index (χ4v) is 0.935. The number of hydrogen-bond donors (Lipinski definition) is 0. The molecule has 0 heterocycles. The van der Waals surface area contributed by atoms with Gasteiger partial charge in [0.05, 0.1) is 5.02 Å². The van der Waals surface area contributed by atoms with Gasteiger partial charge in [0.1, 0.15) is 5.82 Å². The summed E-state index contributed by atoms with van der Waals surface area (Å²) in [4.78, 5) is 9.81. The molecule has 3 heteroatoms. The van der Waals surface area contributed by atoms with Crippen molar-refractivity contribution < 1.29 is 9.18 Å². The zero-order chi connectivity index (χ0) is 8.97. The first-order chi connectivity index (χ1) is 5.74. The molecule has 0 amide bonds. The van der Waals surface area contributed by atoms with Crippen LogP contribution < -0.4 is 0 Å². The molecule has 1 aromatic rings. The lowest BCUT2D eigenvalue weighted by molar-refractivity contribution is 0.564. The summed E-state index contributed by atoms with van der Waals surface area (Å²) in [5.41, 5.74) is 0.671. The molecule has 0 N–H and O–H groups in total. The second-order valence-corrected chi connectivity index (χ2v) is 2.53. The van der Waals surface area contributed by atoms with E-state index in [0.29, 0.717) is 5.56 Å². The van der Waals surface area contributed by atoms with E-state index in [9.17, 15) is 9.18 Å². The van der Waals surface area contributed by atoms with E-state index < -0.39 is 5.82 Å². The van der Waals surface area contributed by atoms with E-state index in [4.69, 9.17) is 11.6 Å². The van der Waals surface area contributed by atoms with Crippen LogP contribution in [0.25, 0.3) is 6.08 Å². The topological polar surface area (TPSA) is 17.1 Å². The maximum absolute atomic E-state index is 12.6. The van der Waals surface area contributed by atoms with Gasteiger partial charge >= 0.3 is 0 Å². The largest absolute Gasteiger partial charge is 0.286 e. The van der Waals surface area contributed by atoms with Crippen molar-refractivity contribution in [2.45, 2.75) is 0 Å². The van der Waals surface area contributed by atoms with Gasteiger partial charge in [0.2, 0.25) is 6.29 Å². The standard InChI is InChI=1S/C9H5ClFO/c10-8-6-7(2-1-5-12)3-4-9(8)11/h1-4,6H/b2-1+. The van der Waals surface area contributed by atoms with Gasteiger partial charge in [0, 0.05) is 0 Å². The van der Waals surface area contributed by atoms with Crippen molar-refractivity contribution in [3.05, 3.63) is 40.7 Å². The third-order valence-electron chi connectivity index (χ3n) is 1.29. The Morgan fingerprint density at radius 1 is 1.50 bits per heavy atom. The summed E-state index contributed by atoms with van der Waals surface area (Å²) in [5, 5.41) is 0.0445. The molecule has 0 fully saturated rings. The molecule has 0 bridgehead atoms. The van der Waals surface area contributed by atoms with Gasteiger partial charge in [0.15, 0.2) is 0 Å². The molecule has 0 atom stereocenters. The Morgan fingerprint density at radius 3 is 2.83 bits per heavy atom. The van der Waals surface area contributed by atoms with E-state index in [1.807, 2.05) is 0 Å². The lowest BCUT2D eigenvalue weighted by Crippen LogP contribution is -1.77. The molecule has 1 rings (SSSR count). The van der Waals surface area contributed by atoms with Gasteiger partial charge in [-0.05, 0) is 23.8 Å². The molecule has 1 aromatic carbocycles. The number of allylic oxidation sites excluding steroid dienone is 1. The molecule has 0 aliphatic carbocycles. The van der Waals surface area contributed by atoms with Gasteiger partial charge in [-0.2, -0.15) is 0 Å². The number of benzene rings is 1. The van der Waals surface area contributed by atoms with E-state index in [-0.39, 0.29) is 5.02 Å². The van der Waals surface area contributed by atoms with Crippen molar-refractivity contribution >= 4 is 24.0 Å². The minimum Gasteiger partial charge on any atom is -0.286 e. The number of halogens is 2. The lowest BCUT2D eigenvalue weighted by Gasteiger charge is -1.94. The number of hydrogen-bond acceptors (Lipinski definition) is 1. The second-order valence-electron chi connectivity index (χ2n) is 2.12. The second kappa shape index (κ2) is 4.02. The first-order valence-electron chi connectivity index (χ1n) is 3.23.